The molecule has 1 rings (SSSR count). The first kappa shape index (κ1) is 15.1. The number of hydrogen-bond acceptors (Lipinski definition) is 5. The lowest BCUT2D eigenvalue weighted by Crippen LogP contribution is -2.36. The number of sulfonamides is 1. The van der Waals surface area contributed by atoms with Crippen LogP contribution in [0.25, 0.3) is 0 Å². The van der Waals surface area contributed by atoms with Gasteiger partial charge in [0, 0.05) is 24.8 Å². The van der Waals surface area contributed by atoms with E-state index in [4.69, 9.17) is 4.74 Å². The van der Waals surface area contributed by atoms with E-state index in [-0.39, 0.29) is 11.1 Å². The van der Waals surface area contributed by atoms with Crippen molar-refractivity contribution in [1.29, 1.82) is 0 Å². The predicted octanol–water partition coefficient (Wildman–Crippen LogP) is -0.168. The van der Waals surface area contributed by atoms with Crippen LogP contribution < -0.4 is 10.0 Å². The Hall–Kier alpha value is -0.960. The summed E-state index contributed by atoms with van der Waals surface area (Å²) < 4.78 is 31.9. The molecule has 1 unspecified atom stereocenters. The first-order chi connectivity index (χ1) is 8.51. The first-order valence-electron chi connectivity index (χ1n) is 5.78. The summed E-state index contributed by atoms with van der Waals surface area (Å²) in [5, 5.41) is 9.26. The highest BCUT2D eigenvalue weighted by Crippen LogP contribution is 2.11. The van der Waals surface area contributed by atoms with E-state index in [2.05, 4.69) is 20.2 Å². The van der Waals surface area contributed by atoms with Crippen LogP contribution >= 0.6 is 0 Å². The normalized spacial score (nSPS) is 13.7. The highest BCUT2D eigenvalue weighted by molar-refractivity contribution is 7.89. The molecule has 0 radical (unpaired) electrons. The van der Waals surface area contributed by atoms with E-state index in [1.807, 2.05) is 6.92 Å². The lowest BCUT2D eigenvalue weighted by atomic mass is 10.4. The molecule has 104 valence electrons. The molecule has 0 saturated carbocycles. The van der Waals surface area contributed by atoms with Gasteiger partial charge < -0.3 is 10.1 Å². The van der Waals surface area contributed by atoms with E-state index >= 15 is 0 Å². The Balaban J connectivity index is 2.76. The van der Waals surface area contributed by atoms with E-state index in [0.717, 1.165) is 0 Å². The largest absolute Gasteiger partial charge is 0.380 e. The van der Waals surface area contributed by atoms with Gasteiger partial charge in [-0.1, -0.05) is 0 Å². The Labute approximate surface area is 107 Å². The highest BCUT2D eigenvalue weighted by atomic mass is 32.2. The molecule has 0 aliphatic heterocycles. The molecule has 8 heteroatoms. The number of aromatic amines is 1. The monoisotopic (exact) mass is 276 g/mol. The molecule has 0 amide bonds. The maximum absolute atomic E-state index is 12.1. The Morgan fingerprint density at radius 1 is 1.56 bits per heavy atom. The van der Waals surface area contributed by atoms with E-state index in [9.17, 15) is 8.42 Å². The zero-order chi connectivity index (χ0) is 13.6. The molecular weight excluding hydrogens is 256 g/mol. The van der Waals surface area contributed by atoms with Crippen molar-refractivity contribution in [3.63, 3.8) is 0 Å². The summed E-state index contributed by atoms with van der Waals surface area (Å²) in [6.45, 7) is 4.95. The van der Waals surface area contributed by atoms with Gasteiger partial charge in [-0.2, -0.15) is 5.10 Å². The fraction of sp³-hybridized carbons (Fsp3) is 0.700. The number of nitrogens with one attached hydrogen (secondary N) is 3. The SMILES string of the molecule is CCOCC(C)NS(=O)(=O)c1[nH]ncc1CNC. The highest BCUT2D eigenvalue weighted by Gasteiger charge is 2.22. The van der Waals surface area contributed by atoms with Gasteiger partial charge in [0.2, 0.25) is 0 Å². The third-order valence-corrected chi connectivity index (χ3v) is 3.85. The van der Waals surface area contributed by atoms with Crippen molar-refractivity contribution in [2.24, 2.45) is 0 Å². The van der Waals surface area contributed by atoms with Crippen molar-refractivity contribution in [2.75, 3.05) is 20.3 Å². The van der Waals surface area contributed by atoms with Crippen molar-refractivity contribution in [3.8, 4) is 0 Å². The number of ether oxygens (including phenoxy) is 1. The van der Waals surface area contributed by atoms with Crippen LogP contribution in [0.3, 0.4) is 0 Å². The number of aromatic nitrogens is 2. The summed E-state index contributed by atoms with van der Waals surface area (Å²) in [7, 11) is -1.84. The average molecular weight is 276 g/mol. The Bertz CT molecular complexity index is 457. The molecule has 0 aliphatic carbocycles. The Kier molecular flexibility index (Phi) is 5.73. The maximum atomic E-state index is 12.1. The number of rotatable bonds is 8. The molecule has 1 aromatic rings. The minimum Gasteiger partial charge on any atom is -0.380 e. The van der Waals surface area contributed by atoms with Gasteiger partial charge in [-0.25, -0.2) is 13.1 Å². The lowest BCUT2D eigenvalue weighted by Gasteiger charge is -2.13. The quantitative estimate of drug-likeness (QED) is 0.613. The molecule has 0 spiro atoms. The second-order valence-electron chi connectivity index (χ2n) is 3.94. The minimum absolute atomic E-state index is 0.0974. The molecular formula is C10H20N4O3S. The zero-order valence-electron chi connectivity index (χ0n) is 10.9. The van der Waals surface area contributed by atoms with Crippen LogP contribution in [-0.4, -0.2) is 44.9 Å². The fourth-order valence-corrected chi connectivity index (χ4v) is 2.86. The number of nitrogens with zero attached hydrogens (tertiary/aromatic N) is 1. The predicted molar refractivity (Wildman–Crippen MR) is 67.6 cm³/mol. The summed E-state index contributed by atoms with van der Waals surface area (Å²) >= 11 is 0. The molecule has 1 heterocycles. The van der Waals surface area contributed by atoms with Gasteiger partial charge in [-0.05, 0) is 20.9 Å². The van der Waals surface area contributed by atoms with Gasteiger partial charge in [0.15, 0.2) is 5.03 Å². The molecule has 18 heavy (non-hydrogen) atoms. The number of hydrogen-bond donors (Lipinski definition) is 3. The third-order valence-electron chi connectivity index (χ3n) is 2.24. The first-order valence-corrected chi connectivity index (χ1v) is 7.26. The van der Waals surface area contributed by atoms with Crippen LogP contribution in [0.4, 0.5) is 0 Å². The topological polar surface area (TPSA) is 96.1 Å². The summed E-state index contributed by atoms with van der Waals surface area (Å²) in [4.78, 5) is 0. The van der Waals surface area contributed by atoms with Crippen LogP contribution in [0.15, 0.2) is 11.2 Å². The molecule has 7 nitrogen and oxygen atoms in total. The van der Waals surface area contributed by atoms with Crippen LogP contribution in [-0.2, 0) is 21.3 Å². The molecule has 0 fully saturated rings. The van der Waals surface area contributed by atoms with E-state index in [1.165, 1.54) is 6.20 Å². The molecule has 0 bridgehead atoms. The van der Waals surface area contributed by atoms with Crippen LogP contribution in [0.1, 0.15) is 19.4 Å². The van der Waals surface area contributed by atoms with Gasteiger partial charge in [0.05, 0.1) is 12.8 Å². The molecule has 3 N–H and O–H groups in total. The summed E-state index contributed by atoms with van der Waals surface area (Å²) in [5.41, 5.74) is 0.605. The van der Waals surface area contributed by atoms with Gasteiger partial charge in [-0.3, -0.25) is 5.10 Å². The molecule has 1 atom stereocenters. The maximum Gasteiger partial charge on any atom is 0.258 e. The molecule has 0 aromatic carbocycles. The van der Waals surface area contributed by atoms with Crippen LogP contribution in [0.5, 0.6) is 0 Å². The summed E-state index contributed by atoms with van der Waals surface area (Å²) in [6.07, 6.45) is 1.50. The van der Waals surface area contributed by atoms with Gasteiger partial charge in [0.25, 0.3) is 10.0 Å². The smallest absolute Gasteiger partial charge is 0.258 e. The molecule has 1 aromatic heterocycles. The third kappa shape index (κ3) is 4.05. The Morgan fingerprint density at radius 2 is 2.28 bits per heavy atom. The minimum atomic E-state index is -3.59. The van der Waals surface area contributed by atoms with Gasteiger partial charge in [-0.15, -0.1) is 0 Å². The van der Waals surface area contributed by atoms with Crippen molar-refractivity contribution in [1.82, 2.24) is 20.2 Å². The van der Waals surface area contributed by atoms with E-state index < -0.39 is 10.0 Å². The Morgan fingerprint density at radius 3 is 2.89 bits per heavy atom. The fourth-order valence-electron chi connectivity index (χ4n) is 1.50. The van der Waals surface area contributed by atoms with Crippen LogP contribution in [0, 0.1) is 0 Å². The van der Waals surface area contributed by atoms with Crippen molar-refractivity contribution in [2.45, 2.75) is 31.5 Å². The molecule has 0 aliphatic rings. The summed E-state index contributed by atoms with van der Waals surface area (Å²) in [5.74, 6) is 0. The van der Waals surface area contributed by atoms with E-state index in [1.54, 1.807) is 14.0 Å². The van der Waals surface area contributed by atoms with Crippen molar-refractivity contribution in [3.05, 3.63) is 11.8 Å². The summed E-state index contributed by atoms with van der Waals surface area (Å²) in [6, 6.07) is -0.291. The zero-order valence-corrected chi connectivity index (χ0v) is 11.7. The van der Waals surface area contributed by atoms with Gasteiger partial charge in [0.1, 0.15) is 0 Å². The van der Waals surface area contributed by atoms with Crippen molar-refractivity contribution < 1.29 is 13.2 Å². The number of H-pyrrole nitrogens is 1. The van der Waals surface area contributed by atoms with E-state index in [0.29, 0.717) is 25.3 Å². The standard InChI is InChI=1S/C10H20N4O3S/c1-4-17-7-8(2)14-18(15,16)10-9(5-11-3)6-12-13-10/h6,8,11,14H,4-5,7H2,1-3H3,(H,12,13). The average Bonchev–Trinajstić information content (AvgIpc) is 2.75. The second kappa shape index (κ2) is 6.83. The van der Waals surface area contributed by atoms with Gasteiger partial charge >= 0.3 is 0 Å². The second-order valence-corrected chi connectivity index (χ2v) is 5.59. The van der Waals surface area contributed by atoms with Crippen LogP contribution in [0.2, 0.25) is 0 Å². The van der Waals surface area contributed by atoms with Crippen molar-refractivity contribution >= 4 is 10.0 Å². The molecule has 0 saturated heterocycles. The lowest BCUT2D eigenvalue weighted by molar-refractivity contribution is 0.133.